The van der Waals surface area contributed by atoms with Crippen LogP contribution in [0.2, 0.25) is 0 Å². The van der Waals surface area contributed by atoms with Crippen LogP contribution in [0.3, 0.4) is 0 Å². The number of ether oxygens (including phenoxy) is 1. The van der Waals surface area contributed by atoms with Gasteiger partial charge in [0.05, 0.1) is 13.2 Å². The molecule has 0 bridgehead atoms. The van der Waals surface area contributed by atoms with Crippen LogP contribution >= 0.6 is 0 Å². The van der Waals surface area contributed by atoms with Crippen LogP contribution in [-0.4, -0.2) is 6.61 Å². The first-order valence-electron chi connectivity index (χ1n) is 6.27. The molecule has 86 valence electrons. The minimum absolute atomic E-state index is 0.0483. The van der Waals surface area contributed by atoms with E-state index < -0.39 is 0 Å². The molecular formula is C14H19NO. The number of nitrogens with two attached hydrogens (primary N) is 1. The van der Waals surface area contributed by atoms with Crippen LogP contribution < -0.4 is 5.73 Å². The van der Waals surface area contributed by atoms with E-state index in [1.165, 1.54) is 29.5 Å². The number of fused-ring (bicyclic) bond motifs is 1. The molecular weight excluding hydrogens is 198 g/mol. The quantitative estimate of drug-likeness (QED) is 0.784. The van der Waals surface area contributed by atoms with Crippen molar-refractivity contribution >= 4 is 0 Å². The molecule has 2 N–H and O–H groups in total. The lowest BCUT2D eigenvalue weighted by atomic mass is 9.86. The minimum atomic E-state index is -0.0483. The summed E-state index contributed by atoms with van der Waals surface area (Å²) >= 11 is 0. The summed E-state index contributed by atoms with van der Waals surface area (Å²) in [7, 11) is 0. The van der Waals surface area contributed by atoms with Gasteiger partial charge in [0, 0.05) is 5.54 Å². The van der Waals surface area contributed by atoms with Crippen LogP contribution in [0, 0.1) is 0 Å². The number of hydrogen-bond acceptors (Lipinski definition) is 2. The molecule has 1 aliphatic carbocycles. The third-order valence-electron chi connectivity index (χ3n) is 4.05. The summed E-state index contributed by atoms with van der Waals surface area (Å²) in [5.41, 5.74) is 10.6. The minimum Gasteiger partial charge on any atom is -0.376 e. The SMILES string of the molecule is NC1(c2ccc3c(c2)CCOC3)CCCC1. The normalized spacial score (nSPS) is 23.1. The predicted octanol–water partition coefficient (Wildman–Crippen LogP) is 2.49. The van der Waals surface area contributed by atoms with Crippen molar-refractivity contribution in [1.82, 2.24) is 0 Å². The van der Waals surface area contributed by atoms with E-state index in [4.69, 9.17) is 10.5 Å². The van der Waals surface area contributed by atoms with E-state index in [-0.39, 0.29) is 5.54 Å². The van der Waals surface area contributed by atoms with E-state index >= 15 is 0 Å². The highest BCUT2D eigenvalue weighted by atomic mass is 16.5. The molecule has 0 saturated heterocycles. The van der Waals surface area contributed by atoms with Crippen molar-refractivity contribution in [2.75, 3.05) is 6.61 Å². The van der Waals surface area contributed by atoms with Crippen molar-refractivity contribution in [3.05, 3.63) is 34.9 Å². The van der Waals surface area contributed by atoms with Gasteiger partial charge in [-0.25, -0.2) is 0 Å². The molecule has 1 heterocycles. The fraction of sp³-hybridized carbons (Fsp3) is 0.571. The molecule has 0 unspecified atom stereocenters. The zero-order valence-electron chi connectivity index (χ0n) is 9.67. The second-order valence-electron chi connectivity index (χ2n) is 5.15. The first-order chi connectivity index (χ1) is 7.78. The van der Waals surface area contributed by atoms with E-state index in [9.17, 15) is 0 Å². The lowest BCUT2D eigenvalue weighted by Gasteiger charge is -2.26. The molecule has 16 heavy (non-hydrogen) atoms. The van der Waals surface area contributed by atoms with Gasteiger partial charge in [-0.2, -0.15) is 0 Å². The molecule has 2 aliphatic rings. The Bertz CT molecular complexity index is 394. The Morgan fingerprint density at radius 3 is 2.75 bits per heavy atom. The van der Waals surface area contributed by atoms with Crippen molar-refractivity contribution < 1.29 is 4.74 Å². The molecule has 0 radical (unpaired) electrons. The summed E-state index contributed by atoms with van der Waals surface area (Å²) in [6, 6.07) is 6.73. The van der Waals surface area contributed by atoms with Crippen LogP contribution in [0.1, 0.15) is 42.4 Å². The van der Waals surface area contributed by atoms with Crippen molar-refractivity contribution in [2.45, 2.75) is 44.2 Å². The third-order valence-corrected chi connectivity index (χ3v) is 4.05. The van der Waals surface area contributed by atoms with Gasteiger partial charge in [-0.15, -0.1) is 0 Å². The zero-order valence-corrected chi connectivity index (χ0v) is 9.67. The summed E-state index contributed by atoms with van der Waals surface area (Å²) in [4.78, 5) is 0. The van der Waals surface area contributed by atoms with Crippen LogP contribution in [0.4, 0.5) is 0 Å². The number of benzene rings is 1. The molecule has 1 saturated carbocycles. The van der Waals surface area contributed by atoms with Gasteiger partial charge in [0.25, 0.3) is 0 Å². The van der Waals surface area contributed by atoms with Crippen molar-refractivity contribution in [3.8, 4) is 0 Å². The lowest BCUT2D eigenvalue weighted by molar-refractivity contribution is 0.110. The Balaban J connectivity index is 1.96. The average Bonchev–Trinajstić information content (AvgIpc) is 2.77. The molecule has 1 aromatic rings. The summed E-state index contributed by atoms with van der Waals surface area (Å²) < 4.78 is 5.46. The van der Waals surface area contributed by atoms with Gasteiger partial charge in [-0.3, -0.25) is 0 Å². The van der Waals surface area contributed by atoms with Crippen LogP contribution in [0.5, 0.6) is 0 Å². The van der Waals surface area contributed by atoms with Crippen LogP contribution in [-0.2, 0) is 23.3 Å². The number of hydrogen-bond donors (Lipinski definition) is 1. The molecule has 3 rings (SSSR count). The maximum absolute atomic E-state index is 6.48. The molecule has 0 spiro atoms. The summed E-state index contributed by atoms with van der Waals surface area (Å²) in [5, 5.41) is 0. The Kier molecular flexibility index (Phi) is 2.49. The first-order valence-corrected chi connectivity index (χ1v) is 6.27. The van der Waals surface area contributed by atoms with Crippen LogP contribution in [0.15, 0.2) is 18.2 Å². The van der Waals surface area contributed by atoms with Crippen molar-refractivity contribution in [1.29, 1.82) is 0 Å². The van der Waals surface area contributed by atoms with Gasteiger partial charge in [0.1, 0.15) is 0 Å². The van der Waals surface area contributed by atoms with E-state index in [2.05, 4.69) is 18.2 Å². The average molecular weight is 217 g/mol. The largest absolute Gasteiger partial charge is 0.376 e. The maximum atomic E-state index is 6.48. The highest BCUT2D eigenvalue weighted by Crippen LogP contribution is 2.37. The van der Waals surface area contributed by atoms with Gasteiger partial charge in [-0.1, -0.05) is 31.0 Å². The summed E-state index contributed by atoms with van der Waals surface area (Å²) in [6.07, 6.45) is 5.87. The monoisotopic (exact) mass is 217 g/mol. The molecule has 1 aliphatic heterocycles. The fourth-order valence-corrected chi connectivity index (χ4v) is 2.97. The molecule has 0 aromatic heterocycles. The second kappa shape index (κ2) is 3.86. The standard InChI is InChI=1S/C14H19NO/c15-14(6-1-2-7-14)13-4-3-12-10-16-8-5-11(12)9-13/h3-4,9H,1-2,5-8,10,15H2. The van der Waals surface area contributed by atoms with Gasteiger partial charge >= 0.3 is 0 Å². The fourth-order valence-electron chi connectivity index (χ4n) is 2.97. The Labute approximate surface area is 96.8 Å². The Morgan fingerprint density at radius 1 is 1.12 bits per heavy atom. The van der Waals surface area contributed by atoms with Gasteiger partial charge in [-0.05, 0) is 36.0 Å². The molecule has 1 aromatic carbocycles. The van der Waals surface area contributed by atoms with Crippen molar-refractivity contribution in [2.24, 2.45) is 5.73 Å². The van der Waals surface area contributed by atoms with Gasteiger partial charge in [0.2, 0.25) is 0 Å². The smallest absolute Gasteiger partial charge is 0.0719 e. The van der Waals surface area contributed by atoms with Crippen molar-refractivity contribution in [3.63, 3.8) is 0 Å². The summed E-state index contributed by atoms with van der Waals surface area (Å²) in [6.45, 7) is 1.63. The lowest BCUT2D eigenvalue weighted by Crippen LogP contribution is -2.33. The maximum Gasteiger partial charge on any atom is 0.0719 e. The van der Waals surface area contributed by atoms with E-state index in [0.717, 1.165) is 32.5 Å². The molecule has 2 nitrogen and oxygen atoms in total. The molecule has 1 fully saturated rings. The molecule has 0 atom stereocenters. The number of rotatable bonds is 1. The van der Waals surface area contributed by atoms with E-state index in [1.54, 1.807) is 0 Å². The third kappa shape index (κ3) is 1.66. The summed E-state index contributed by atoms with van der Waals surface area (Å²) in [5.74, 6) is 0. The Hall–Kier alpha value is -0.860. The second-order valence-corrected chi connectivity index (χ2v) is 5.15. The van der Waals surface area contributed by atoms with E-state index in [1.807, 2.05) is 0 Å². The highest BCUT2D eigenvalue weighted by Gasteiger charge is 2.31. The van der Waals surface area contributed by atoms with Gasteiger partial charge < -0.3 is 10.5 Å². The Morgan fingerprint density at radius 2 is 1.94 bits per heavy atom. The predicted molar refractivity (Wildman–Crippen MR) is 64.1 cm³/mol. The first kappa shape index (κ1) is 10.3. The molecule has 2 heteroatoms. The molecule has 0 amide bonds. The van der Waals surface area contributed by atoms with Crippen LogP contribution in [0.25, 0.3) is 0 Å². The topological polar surface area (TPSA) is 35.2 Å². The van der Waals surface area contributed by atoms with E-state index in [0.29, 0.717) is 0 Å². The highest BCUT2D eigenvalue weighted by molar-refractivity contribution is 5.36. The van der Waals surface area contributed by atoms with Gasteiger partial charge in [0.15, 0.2) is 0 Å². The zero-order chi connectivity index (χ0) is 11.0.